The Morgan fingerprint density at radius 1 is 1.40 bits per heavy atom. The van der Waals surface area contributed by atoms with E-state index in [1.807, 2.05) is 6.92 Å². The SMILES string of the molecule is CCCCC(CC)C(=O)Nc1ccc(C)cc1[N+](=O)[O-]. The number of carbonyl (C=O) groups is 1. The van der Waals surface area contributed by atoms with E-state index in [0.717, 1.165) is 31.2 Å². The molecule has 1 aromatic rings. The molecule has 0 bridgehead atoms. The van der Waals surface area contributed by atoms with Gasteiger partial charge in [0.1, 0.15) is 5.69 Å². The molecule has 1 amide bonds. The zero-order valence-corrected chi connectivity index (χ0v) is 12.3. The zero-order valence-electron chi connectivity index (χ0n) is 12.3. The van der Waals surface area contributed by atoms with E-state index in [-0.39, 0.29) is 23.2 Å². The molecule has 0 heterocycles. The third-order valence-electron chi connectivity index (χ3n) is 3.38. The number of nitro groups is 1. The Morgan fingerprint density at radius 3 is 2.65 bits per heavy atom. The van der Waals surface area contributed by atoms with Crippen LogP contribution >= 0.6 is 0 Å². The second-order valence-corrected chi connectivity index (χ2v) is 5.01. The Bertz CT molecular complexity index is 486. The highest BCUT2D eigenvalue weighted by Gasteiger charge is 2.20. The molecule has 1 atom stereocenters. The fraction of sp³-hybridized carbons (Fsp3) is 0.533. The molecule has 0 fully saturated rings. The number of hydrogen-bond donors (Lipinski definition) is 1. The number of benzene rings is 1. The highest BCUT2D eigenvalue weighted by molar-refractivity contribution is 5.94. The molecule has 1 unspecified atom stereocenters. The van der Waals surface area contributed by atoms with Crippen molar-refractivity contribution in [2.45, 2.75) is 46.5 Å². The van der Waals surface area contributed by atoms with Crippen molar-refractivity contribution in [2.24, 2.45) is 5.92 Å². The van der Waals surface area contributed by atoms with E-state index in [1.54, 1.807) is 19.1 Å². The zero-order chi connectivity index (χ0) is 15.1. The summed E-state index contributed by atoms with van der Waals surface area (Å²) in [6.07, 6.45) is 3.58. The van der Waals surface area contributed by atoms with Crippen LogP contribution in [-0.4, -0.2) is 10.8 Å². The fourth-order valence-electron chi connectivity index (χ4n) is 2.10. The molecular weight excluding hydrogens is 256 g/mol. The van der Waals surface area contributed by atoms with Crippen molar-refractivity contribution in [1.29, 1.82) is 0 Å². The van der Waals surface area contributed by atoms with Crippen LogP contribution in [0.3, 0.4) is 0 Å². The van der Waals surface area contributed by atoms with Crippen molar-refractivity contribution < 1.29 is 9.72 Å². The van der Waals surface area contributed by atoms with Gasteiger partial charge in [-0.05, 0) is 31.4 Å². The highest BCUT2D eigenvalue weighted by atomic mass is 16.6. The van der Waals surface area contributed by atoms with Crippen LogP contribution in [-0.2, 0) is 4.79 Å². The van der Waals surface area contributed by atoms with Crippen LogP contribution in [0.15, 0.2) is 18.2 Å². The molecule has 20 heavy (non-hydrogen) atoms. The Morgan fingerprint density at radius 2 is 2.10 bits per heavy atom. The molecule has 0 aromatic heterocycles. The molecule has 5 heteroatoms. The van der Waals surface area contributed by atoms with Gasteiger partial charge in [-0.25, -0.2) is 0 Å². The van der Waals surface area contributed by atoms with Gasteiger partial charge in [-0.3, -0.25) is 14.9 Å². The number of nitrogens with one attached hydrogen (secondary N) is 1. The smallest absolute Gasteiger partial charge is 0.293 e. The minimum absolute atomic E-state index is 0.0521. The van der Waals surface area contributed by atoms with Crippen molar-refractivity contribution >= 4 is 17.3 Å². The number of hydrogen-bond acceptors (Lipinski definition) is 3. The van der Waals surface area contributed by atoms with Crippen molar-refractivity contribution in [3.8, 4) is 0 Å². The molecule has 1 N–H and O–H groups in total. The number of carbonyl (C=O) groups excluding carboxylic acids is 1. The van der Waals surface area contributed by atoms with Gasteiger partial charge in [0.2, 0.25) is 5.91 Å². The lowest BCUT2D eigenvalue weighted by Gasteiger charge is -2.14. The predicted octanol–water partition coefficient (Wildman–Crippen LogP) is 4.06. The molecule has 1 rings (SSSR count). The van der Waals surface area contributed by atoms with Crippen LogP contribution in [0.1, 0.15) is 45.1 Å². The van der Waals surface area contributed by atoms with Gasteiger partial charge < -0.3 is 5.32 Å². The number of anilines is 1. The predicted molar refractivity (Wildman–Crippen MR) is 79.8 cm³/mol. The van der Waals surface area contributed by atoms with E-state index < -0.39 is 4.92 Å². The van der Waals surface area contributed by atoms with Crippen LogP contribution in [0.25, 0.3) is 0 Å². The number of aryl methyl sites for hydroxylation is 1. The molecule has 0 saturated heterocycles. The summed E-state index contributed by atoms with van der Waals surface area (Å²) in [4.78, 5) is 22.7. The van der Waals surface area contributed by atoms with Crippen LogP contribution < -0.4 is 5.32 Å². The summed E-state index contributed by atoms with van der Waals surface area (Å²) >= 11 is 0. The monoisotopic (exact) mass is 278 g/mol. The van der Waals surface area contributed by atoms with Gasteiger partial charge in [-0.1, -0.05) is 32.8 Å². The molecule has 1 aromatic carbocycles. The Hall–Kier alpha value is -1.91. The maximum absolute atomic E-state index is 12.2. The standard InChI is InChI=1S/C15H22N2O3/c1-4-6-7-12(5-2)15(18)16-13-9-8-11(3)10-14(13)17(19)20/h8-10,12H,4-7H2,1-3H3,(H,16,18). The largest absolute Gasteiger partial charge is 0.320 e. The number of rotatable bonds is 7. The maximum atomic E-state index is 12.2. The average molecular weight is 278 g/mol. The molecule has 0 radical (unpaired) electrons. The van der Waals surface area contributed by atoms with Crippen LogP contribution in [0.4, 0.5) is 11.4 Å². The Labute approximate surface area is 119 Å². The van der Waals surface area contributed by atoms with Gasteiger partial charge in [0.25, 0.3) is 5.69 Å². The topological polar surface area (TPSA) is 72.2 Å². The average Bonchev–Trinajstić information content (AvgIpc) is 2.41. The van der Waals surface area contributed by atoms with Crippen molar-refractivity contribution in [3.05, 3.63) is 33.9 Å². The van der Waals surface area contributed by atoms with E-state index in [0.29, 0.717) is 0 Å². The highest BCUT2D eigenvalue weighted by Crippen LogP contribution is 2.26. The molecule has 0 saturated carbocycles. The quantitative estimate of drug-likeness (QED) is 0.604. The number of unbranched alkanes of at least 4 members (excludes halogenated alkanes) is 1. The van der Waals surface area contributed by atoms with Gasteiger partial charge in [-0.2, -0.15) is 0 Å². The molecule has 0 aliphatic carbocycles. The Kier molecular flexibility index (Phi) is 6.15. The van der Waals surface area contributed by atoms with Crippen LogP contribution in [0.2, 0.25) is 0 Å². The fourth-order valence-corrected chi connectivity index (χ4v) is 2.10. The van der Waals surface area contributed by atoms with Crippen LogP contribution in [0, 0.1) is 23.0 Å². The summed E-state index contributed by atoms with van der Waals surface area (Å²) in [5.41, 5.74) is 1.02. The number of nitrogens with zero attached hydrogens (tertiary/aromatic N) is 1. The lowest BCUT2D eigenvalue weighted by Crippen LogP contribution is -2.22. The maximum Gasteiger partial charge on any atom is 0.293 e. The normalized spacial score (nSPS) is 11.9. The summed E-state index contributed by atoms with van der Waals surface area (Å²) < 4.78 is 0. The first-order valence-corrected chi connectivity index (χ1v) is 7.05. The van der Waals surface area contributed by atoms with E-state index in [1.165, 1.54) is 6.07 Å². The summed E-state index contributed by atoms with van der Waals surface area (Å²) in [6, 6.07) is 4.83. The summed E-state index contributed by atoms with van der Waals surface area (Å²) in [5.74, 6) is -0.219. The summed E-state index contributed by atoms with van der Waals surface area (Å²) in [5, 5.41) is 13.7. The minimum Gasteiger partial charge on any atom is -0.320 e. The van der Waals surface area contributed by atoms with E-state index >= 15 is 0 Å². The first kappa shape index (κ1) is 16.1. The first-order valence-electron chi connectivity index (χ1n) is 7.05. The first-order chi connectivity index (χ1) is 9.49. The molecule has 0 aliphatic rings. The lowest BCUT2D eigenvalue weighted by molar-refractivity contribution is -0.384. The van der Waals surface area contributed by atoms with Gasteiger partial charge in [-0.15, -0.1) is 0 Å². The van der Waals surface area contributed by atoms with Gasteiger partial charge >= 0.3 is 0 Å². The van der Waals surface area contributed by atoms with Crippen LogP contribution in [0.5, 0.6) is 0 Å². The minimum atomic E-state index is -0.463. The van der Waals surface area contributed by atoms with Crippen molar-refractivity contribution in [3.63, 3.8) is 0 Å². The lowest BCUT2D eigenvalue weighted by atomic mass is 9.98. The third-order valence-corrected chi connectivity index (χ3v) is 3.38. The van der Waals surface area contributed by atoms with E-state index in [4.69, 9.17) is 0 Å². The van der Waals surface area contributed by atoms with Crippen molar-refractivity contribution in [1.82, 2.24) is 0 Å². The third kappa shape index (κ3) is 4.33. The number of nitro benzene ring substituents is 1. The summed E-state index contributed by atoms with van der Waals surface area (Å²) in [6.45, 7) is 5.83. The van der Waals surface area contributed by atoms with Gasteiger partial charge in [0.15, 0.2) is 0 Å². The van der Waals surface area contributed by atoms with Gasteiger partial charge in [0.05, 0.1) is 4.92 Å². The molecule has 0 aliphatic heterocycles. The second-order valence-electron chi connectivity index (χ2n) is 5.01. The molecular formula is C15H22N2O3. The summed E-state index contributed by atoms with van der Waals surface area (Å²) in [7, 11) is 0. The van der Waals surface area contributed by atoms with Gasteiger partial charge in [0, 0.05) is 12.0 Å². The molecule has 0 spiro atoms. The van der Waals surface area contributed by atoms with E-state index in [2.05, 4.69) is 12.2 Å². The molecule has 110 valence electrons. The van der Waals surface area contributed by atoms with Crippen molar-refractivity contribution in [2.75, 3.05) is 5.32 Å². The number of amides is 1. The molecule has 5 nitrogen and oxygen atoms in total. The Balaban J connectivity index is 2.86. The second kappa shape index (κ2) is 7.62. The van der Waals surface area contributed by atoms with E-state index in [9.17, 15) is 14.9 Å².